The Morgan fingerprint density at radius 1 is 1.29 bits per heavy atom. The van der Waals surface area contributed by atoms with Crippen molar-refractivity contribution < 1.29 is 4.74 Å². The lowest BCUT2D eigenvalue weighted by molar-refractivity contribution is 0.120. The highest BCUT2D eigenvalue weighted by molar-refractivity contribution is 4.89. The van der Waals surface area contributed by atoms with Crippen LogP contribution in [0.2, 0.25) is 0 Å². The highest BCUT2D eigenvalue weighted by Gasteiger charge is 2.32. The van der Waals surface area contributed by atoms with E-state index in [1.165, 1.54) is 51.9 Å². The van der Waals surface area contributed by atoms with Crippen molar-refractivity contribution in [2.45, 2.75) is 45.1 Å². The Balaban J connectivity index is 1.60. The number of hydrogen-bond acceptors (Lipinski definition) is 3. The molecule has 17 heavy (non-hydrogen) atoms. The second-order valence-electron chi connectivity index (χ2n) is 5.52. The third-order valence-electron chi connectivity index (χ3n) is 3.82. The Kier molecular flexibility index (Phi) is 5.75. The van der Waals surface area contributed by atoms with Crippen LogP contribution < -0.4 is 5.32 Å². The molecule has 2 rings (SSSR count). The zero-order valence-electron chi connectivity index (χ0n) is 11.3. The first-order valence-corrected chi connectivity index (χ1v) is 7.43. The predicted molar refractivity (Wildman–Crippen MR) is 71.3 cm³/mol. The first-order chi connectivity index (χ1) is 8.40. The molecular formula is C14H28N2O. The summed E-state index contributed by atoms with van der Waals surface area (Å²) in [7, 11) is 0. The lowest BCUT2D eigenvalue weighted by atomic mass is 10.2. The van der Waals surface area contributed by atoms with Crippen LogP contribution in [0.25, 0.3) is 0 Å². The van der Waals surface area contributed by atoms with Crippen molar-refractivity contribution in [1.29, 1.82) is 0 Å². The summed E-state index contributed by atoms with van der Waals surface area (Å²) in [6.45, 7) is 8.99. The molecule has 1 aliphatic carbocycles. The molecule has 0 aromatic rings. The Morgan fingerprint density at radius 3 is 2.94 bits per heavy atom. The van der Waals surface area contributed by atoms with Crippen LogP contribution in [0.5, 0.6) is 0 Å². The molecule has 3 heteroatoms. The molecule has 0 aromatic carbocycles. The molecule has 1 heterocycles. The number of nitrogens with one attached hydrogen (secondary N) is 1. The number of nitrogens with zero attached hydrogens (tertiary/aromatic N) is 1. The first-order valence-electron chi connectivity index (χ1n) is 7.43. The molecule has 1 N–H and O–H groups in total. The molecule has 0 amide bonds. The van der Waals surface area contributed by atoms with Crippen molar-refractivity contribution in [3.8, 4) is 0 Å². The second kappa shape index (κ2) is 7.34. The Hall–Kier alpha value is -0.120. The molecular weight excluding hydrogens is 212 g/mol. The fourth-order valence-electron chi connectivity index (χ4n) is 2.68. The number of ether oxygens (including phenoxy) is 1. The van der Waals surface area contributed by atoms with Crippen LogP contribution >= 0.6 is 0 Å². The van der Waals surface area contributed by atoms with Crippen LogP contribution in [-0.2, 0) is 4.74 Å². The van der Waals surface area contributed by atoms with E-state index in [4.69, 9.17) is 4.74 Å². The van der Waals surface area contributed by atoms with Gasteiger partial charge >= 0.3 is 0 Å². The fraction of sp³-hybridized carbons (Fsp3) is 1.00. The highest BCUT2D eigenvalue weighted by Crippen LogP contribution is 2.33. The molecule has 100 valence electrons. The van der Waals surface area contributed by atoms with Crippen LogP contribution in [0, 0.1) is 5.92 Å². The normalized spacial score (nSPS) is 27.0. The van der Waals surface area contributed by atoms with E-state index in [-0.39, 0.29) is 0 Å². The number of rotatable bonds is 7. The molecule has 0 radical (unpaired) electrons. The molecule has 0 spiro atoms. The van der Waals surface area contributed by atoms with Gasteiger partial charge in [0.05, 0.1) is 0 Å². The van der Waals surface area contributed by atoms with Gasteiger partial charge in [0.15, 0.2) is 0 Å². The molecule has 2 fully saturated rings. The summed E-state index contributed by atoms with van der Waals surface area (Å²) < 4.78 is 5.55. The Labute approximate surface area is 106 Å². The molecule has 1 saturated carbocycles. The van der Waals surface area contributed by atoms with Crippen molar-refractivity contribution in [1.82, 2.24) is 10.2 Å². The maximum Gasteiger partial charge on any atom is 0.0478 e. The molecule has 1 saturated heterocycles. The average molecular weight is 240 g/mol. The van der Waals surface area contributed by atoms with E-state index in [9.17, 15) is 0 Å². The standard InChI is InChI=1S/C14H28N2O/c1-2-10-17-11-4-9-16-8-3-7-15-14(12-16)13-5-6-13/h13-15H,2-12H2,1H3. The summed E-state index contributed by atoms with van der Waals surface area (Å²) in [5.41, 5.74) is 0. The third kappa shape index (κ3) is 4.94. The van der Waals surface area contributed by atoms with E-state index in [1.54, 1.807) is 0 Å². The lowest BCUT2D eigenvalue weighted by Gasteiger charge is -2.24. The molecule has 1 unspecified atom stereocenters. The van der Waals surface area contributed by atoms with Gasteiger partial charge in [0.1, 0.15) is 0 Å². The van der Waals surface area contributed by atoms with Gasteiger partial charge in [-0.1, -0.05) is 6.92 Å². The van der Waals surface area contributed by atoms with E-state index in [2.05, 4.69) is 17.1 Å². The largest absolute Gasteiger partial charge is 0.381 e. The molecule has 2 aliphatic rings. The summed E-state index contributed by atoms with van der Waals surface area (Å²) in [6, 6.07) is 0.772. The van der Waals surface area contributed by atoms with Gasteiger partial charge in [-0.25, -0.2) is 0 Å². The maximum absolute atomic E-state index is 5.55. The molecule has 0 aromatic heterocycles. The van der Waals surface area contributed by atoms with Gasteiger partial charge in [0.25, 0.3) is 0 Å². The Morgan fingerprint density at radius 2 is 2.18 bits per heavy atom. The second-order valence-corrected chi connectivity index (χ2v) is 5.52. The Bertz CT molecular complexity index is 206. The summed E-state index contributed by atoms with van der Waals surface area (Å²) >= 11 is 0. The van der Waals surface area contributed by atoms with Crippen molar-refractivity contribution in [2.24, 2.45) is 5.92 Å². The maximum atomic E-state index is 5.55. The molecule has 0 bridgehead atoms. The minimum atomic E-state index is 0.772. The van der Waals surface area contributed by atoms with Crippen LogP contribution in [0.1, 0.15) is 39.0 Å². The summed E-state index contributed by atoms with van der Waals surface area (Å²) in [5, 5.41) is 3.71. The van der Waals surface area contributed by atoms with E-state index in [1.807, 2.05) is 0 Å². The van der Waals surface area contributed by atoms with Crippen molar-refractivity contribution in [3.05, 3.63) is 0 Å². The van der Waals surface area contributed by atoms with Crippen LogP contribution in [0.15, 0.2) is 0 Å². The van der Waals surface area contributed by atoms with Crippen LogP contribution in [0.4, 0.5) is 0 Å². The first kappa shape index (κ1) is 13.3. The lowest BCUT2D eigenvalue weighted by Crippen LogP contribution is -2.39. The van der Waals surface area contributed by atoms with Crippen molar-refractivity contribution in [2.75, 3.05) is 39.4 Å². The molecule has 1 aliphatic heterocycles. The predicted octanol–water partition coefficient (Wildman–Crippen LogP) is 1.88. The highest BCUT2D eigenvalue weighted by atomic mass is 16.5. The smallest absolute Gasteiger partial charge is 0.0478 e. The van der Waals surface area contributed by atoms with Crippen LogP contribution in [0.3, 0.4) is 0 Å². The summed E-state index contributed by atoms with van der Waals surface area (Å²) in [4.78, 5) is 2.64. The average Bonchev–Trinajstić information content (AvgIpc) is 3.15. The van der Waals surface area contributed by atoms with Gasteiger partial charge in [0.2, 0.25) is 0 Å². The monoisotopic (exact) mass is 240 g/mol. The zero-order chi connectivity index (χ0) is 11.9. The van der Waals surface area contributed by atoms with Gasteiger partial charge in [-0.05, 0) is 51.1 Å². The SMILES string of the molecule is CCCOCCCN1CCCNC(C2CC2)C1. The quantitative estimate of drug-likeness (QED) is 0.688. The van der Waals surface area contributed by atoms with Gasteiger partial charge in [-0.2, -0.15) is 0 Å². The van der Waals surface area contributed by atoms with Crippen molar-refractivity contribution in [3.63, 3.8) is 0 Å². The topological polar surface area (TPSA) is 24.5 Å². The van der Waals surface area contributed by atoms with E-state index >= 15 is 0 Å². The number of hydrogen-bond donors (Lipinski definition) is 1. The van der Waals surface area contributed by atoms with E-state index in [0.717, 1.165) is 31.6 Å². The fourth-order valence-corrected chi connectivity index (χ4v) is 2.68. The third-order valence-corrected chi connectivity index (χ3v) is 3.82. The van der Waals surface area contributed by atoms with Gasteiger partial charge in [-0.3, -0.25) is 0 Å². The molecule has 3 nitrogen and oxygen atoms in total. The van der Waals surface area contributed by atoms with Gasteiger partial charge < -0.3 is 15.0 Å². The minimum absolute atomic E-state index is 0.772. The van der Waals surface area contributed by atoms with Gasteiger partial charge in [-0.15, -0.1) is 0 Å². The summed E-state index contributed by atoms with van der Waals surface area (Å²) in [6.07, 6.45) is 6.53. The van der Waals surface area contributed by atoms with E-state index in [0.29, 0.717) is 0 Å². The summed E-state index contributed by atoms with van der Waals surface area (Å²) in [5.74, 6) is 0.979. The zero-order valence-corrected chi connectivity index (χ0v) is 11.3. The van der Waals surface area contributed by atoms with Gasteiger partial charge in [0, 0.05) is 32.3 Å². The van der Waals surface area contributed by atoms with E-state index < -0.39 is 0 Å². The van der Waals surface area contributed by atoms with Crippen LogP contribution in [-0.4, -0.2) is 50.3 Å². The van der Waals surface area contributed by atoms with Crippen molar-refractivity contribution >= 4 is 0 Å². The minimum Gasteiger partial charge on any atom is -0.381 e. The molecule has 1 atom stereocenters.